The molecule has 1 aliphatic rings. The number of hydrogen-bond acceptors (Lipinski definition) is 4. The zero-order chi connectivity index (χ0) is 14.8. The van der Waals surface area contributed by atoms with Crippen molar-refractivity contribution in [2.75, 3.05) is 6.61 Å². The fourth-order valence-electron chi connectivity index (χ4n) is 1.79. The lowest BCUT2D eigenvalue weighted by Crippen LogP contribution is -2.22. The number of rotatable bonds is 6. The van der Waals surface area contributed by atoms with E-state index in [1.165, 1.54) is 0 Å². The van der Waals surface area contributed by atoms with E-state index < -0.39 is 20.1 Å². The van der Waals surface area contributed by atoms with E-state index in [2.05, 4.69) is 35.4 Å². The Morgan fingerprint density at radius 2 is 2.15 bits per heavy atom. The number of nitrogens with zero attached hydrogens (tertiary/aromatic N) is 2. The van der Waals surface area contributed by atoms with E-state index in [1.807, 2.05) is 0 Å². The Morgan fingerprint density at radius 1 is 1.40 bits per heavy atom. The molecule has 7 nitrogen and oxygen atoms in total. The van der Waals surface area contributed by atoms with Gasteiger partial charge in [0.2, 0.25) is 0 Å². The van der Waals surface area contributed by atoms with Crippen LogP contribution in [-0.2, 0) is 16.3 Å². The van der Waals surface area contributed by atoms with Gasteiger partial charge in [-0.05, 0) is 6.04 Å². The summed E-state index contributed by atoms with van der Waals surface area (Å²) in [6, 6.07) is -0.0280. The molecule has 8 heteroatoms. The van der Waals surface area contributed by atoms with Crippen LogP contribution in [0.2, 0.25) is 25.7 Å². The molecule has 2 heterocycles. The van der Waals surface area contributed by atoms with Crippen molar-refractivity contribution < 1.29 is 14.3 Å². The van der Waals surface area contributed by atoms with Gasteiger partial charge in [0.15, 0.2) is 0 Å². The van der Waals surface area contributed by atoms with Crippen molar-refractivity contribution in [1.82, 2.24) is 20.4 Å². The number of aromatic nitrogens is 2. The largest absolute Gasteiger partial charge is 0.360 e. The third kappa shape index (κ3) is 3.91. The zero-order valence-electron chi connectivity index (χ0n) is 12.0. The van der Waals surface area contributed by atoms with Crippen LogP contribution in [0.15, 0.2) is 12.4 Å². The Kier molecular flexibility index (Phi) is 4.24. The number of urea groups is 1. The molecule has 0 saturated carbocycles. The van der Waals surface area contributed by atoms with Crippen molar-refractivity contribution in [3.63, 3.8) is 0 Å². The second-order valence-electron chi connectivity index (χ2n) is 6.06. The van der Waals surface area contributed by atoms with Crippen molar-refractivity contribution in [1.29, 1.82) is 0 Å². The van der Waals surface area contributed by atoms with E-state index >= 15 is 0 Å². The van der Waals surface area contributed by atoms with Crippen LogP contribution in [-0.4, -0.2) is 36.4 Å². The normalized spacial score (nSPS) is 19.1. The molecule has 1 aromatic rings. The molecule has 3 amide bonds. The summed E-state index contributed by atoms with van der Waals surface area (Å²) in [7, 11) is -1.08. The number of carbonyl (C=O) groups excluding carboxylic acids is 2. The molecule has 20 heavy (non-hydrogen) atoms. The predicted molar refractivity (Wildman–Crippen MR) is 75.7 cm³/mol. The Balaban J connectivity index is 1.84. The van der Waals surface area contributed by atoms with E-state index in [4.69, 9.17) is 4.74 Å². The number of imide groups is 1. The number of hydrogen-bond donors (Lipinski definition) is 2. The highest BCUT2D eigenvalue weighted by atomic mass is 28.3. The Bertz CT molecular complexity index is 509. The third-order valence-electron chi connectivity index (χ3n) is 2.98. The quantitative estimate of drug-likeness (QED) is 0.467. The molecule has 0 bridgehead atoms. The van der Waals surface area contributed by atoms with E-state index in [-0.39, 0.29) is 5.91 Å². The van der Waals surface area contributed by atoms with Crippen molar-refractivity contribution in [3.8, 4) is 0 Å². The van der Waals surface area contributed by atoms with Gasteiger partial charge in [0, 0.05) is 26.4 Å². The number of ether oxygens (including phenoxy) is 1. The number of carbonyl (C=O) groups is 2. The van der Waals surface area contributed by atoms with Crippen LogP contribution in [0.1, 0.15) is 11.6 Å². The smallest absolute Gasteiger partial charge is 0.322 e. The predicted octanol–water partition coefficient (Wildman–Crippen LogP) is 1.08. The topological polar surface area (TPSA) is 85.2 Å². The lowest BCUT2D eigenvalue weighted by molar-refractivity contribution is -0.120. The molecule has 0 radical (unpaired) electrons. The van der Waals surface area contributed by atoms with Gasteiger partial charge in [0.05, 0.1) is 6.20 Å². The van der Waals surface area contributed by atoms with E-state index in [0.717, 1.165) is 6.04 Å². The minimum absolute atomic E-state index is 0.353. The standard InChI is InChI=1S/C12H20N4O3Si/c1-20(2,3)5-4-19-8-16-7-9(6-13-16)10-11(17)15-12(18)14-10/h6-7,10H,4-5,8H2,1-3H3,(H2,14,15,17,18). The molecule has 0 aliphatic carbocycles. The highest BCUT2D eigenvalue weighted by Crippen LogP contribution is 2.15. The molecule has 2 rings (SSSR count). The van der Waals surface area contributed by atoms with Gasteiger partial charge in [-0.25, -0.2) is 9.48 Å². The summed E-state index contributed by atoms with van der Waals surface area (Å²) in [6.07, 6.45) is 3.28. The first-order valence-corrected chi connectivity index (χ1v) is 10.3. The van der Waals surface area contributed by atoms with Gasteiger partial charge in [-0.1, -0.05) is 19.6 Å². The van der Waals surface area contributed by atoms with Crippen LogP contribution in [0.4, 0.5) is 4.79 Å². The molecule has 1 unspecified atom stereocenters. The van der Waals surface area contributed by atoms with Gasteiger partial charge in [-0.3, -0.25) is 10.1 Å². The molecule has 2 N–H and O–H groups in total. The van der Waals surface area contributed by atoms with Crippen molar-refractivity contribution in [2.45, 2.75) is 38.5 Å². The molecular formula is C12H20N4O3Si. The van der Waals surface area contributed by atoms with Gasteiger partial charge >= 0.3 is 6.03 Å². The van der Waals surface area contributed by atoms with Gasteiger partial charge in [0.25, 0.3) is 5.91 Å². The van der Waals surface area contributed by atoms with Gasteiger partial charge in [-0.2, -0.15) is 5.10 Å². The van der Waals surface area contributed by atoms with Crippen LogP contribution in [0.25, 0.3) is 0 Å². The summed E-state index contributed by atoms with van der Waals surface area (Å²) in [6.45, 7) is 7.95. The fourth-order valence-corrected chi connectivity index (χ4v) is 2.54. The van der Waals surface area contributed by atoms with Gasteiger partial charge < -0.3 is 10.1 Å². The SMILES string of the molecule is C[Si](C)(C)CCOCn1cc(C2NC(=O)NC2=O)cn1. The molecule has 0 aromatic carbocycles. The summed E-state index contributed by atoms with van der Waals surface area (Å²) in [5, 5.41) is 8.85. The fraction of sp³-hybridized carbons (Fsp3) is 0.583. The van der Waals surface area contributed by atoms with E-state index in [1.54, 1.807) is 17.1 Å². The lowest BCUT2D eigenvalue weighted by atomic mass is 10.2. The second kappa shape index (κ2) is 5.76. The molecule has 1 saturated heterocycles. The maximum atomic E-state index is 11.5. The molecule has 1 atom stereocenters. The third-order valence-corrected chi connectivity index (χ3v) is 4.68. The summed E-state index contributed by atoms with van der Waals surface area (Å²) >= 11 is 0. The van der Waals surface area contributed by atoms with Crippen LogP contribution >= 0.6 is 0 Å². The van der Waals surface area contributed by atoms with Crippen LogP contribution < -0.4 is 10.6 Å². The van der Waals surface area contributed by atoms with Crippen molar-refractivity contribution in [2.24, 2.45) is 0 Å². The Morgan fingerprint density at radius 3 is 2.75 bits per heavy atom. The first-order valence-electron chi connectivity index (χ1n) is 6.57. The van der Waals surface area contributed by atoms with E-state index in [0.29, 0.717) is 18.9 Å². The highest BCUT2D eigenvalue weighted by Gasteiger charge is 2.31. The second-order valence-corrected chi connectivity index (χ2v) is 11.7. The zero-order valence-corrected chi connectivity index (χ0v) is 13.0. The van der Waals surface area contributed by atoms with Crippen LogP contribution in [0.5, 0.6) is 0 Å². The van der Waals surface area contributed by atoms with Crippen molar-refractivity contribution >= 4 is 20.0 Å². The van der Waals surface area contributed by atoms with Crippen LogP contribution in [0.3, 0.4) is 0 Å². The minimum Gasteiger partial charge on any atom is -0.360 e. The first-order chi connectivity index (χ1) is 9.35. The first kappa shape index (κ1) is 14.7. The highest BCUT2D eigenvalue weighted by molar-refractivity contribution is 6.76. The number of nitrogens with one attached hydrogen (secondary N) is 2. The number of amides is 3. The van der Waals surface area contributed by atoms with Gasteiger partial charge in [0.1, 0.15) is 12.8 Å². The maximum absolute atomic E-state index is 11.5. The summed E-state index contributed by atoms with van der Waals surface area (Å²) in [5.41, 5.74) is 0.655. The van der Waals surface area contributed by atoms with E-state index in [9.17, 15) is 9.59 Å². The summed E-state index contributed by atoms with van der Waals surface area (Å²) in [4.78, 5) is 22.6. The molecule has 1 fully saturated rings. The molecular weight excluding hydrogens is 276 g/mol. The maximum Gasteiger partial charge on any atom is 0.322 e. The molecule has 1 aliphatic heterocycles. The Labute approximate surface area is 118 Å². The molecule has 110 valence electrons. The van der Waals surface area contributed by atoms with Crippen molar-refractivity contribution in [3.05, 3.63) is 18.0 Å². The summed E-state index contributed by atoms with van der Waals surface area (Å²) in [5.74, 6) is -0.353. The average Bonchev–Trinajstić information content (AvgIpc) is 2.90. The van der Waals surface area contributed by atoms with Crippen LogP contribution in [0, 0.1) is 0 Å². The molecule has 1 aromatic heterocycles. The van der Waals surface area contributed by atoms with Gasteiger partial charge in [-0.15, -0.1) is 0 Å². The monoisotopic (exact) mass is 296 g/mol. The molecule has 0 spiro atoms. The average molecular weight is 296 g/mol. The summed E-state index contributed by atoms with van der Waals surface area (Å²) < 4.78 is 7.19. The minimum atomic E-state index is -1.08. The Hall–Kier alpha value is -1.67. The lowest BCUT2D eigenvalue weighted by Gasteiger charge is -2.15.